The first kappa shape index (κ1) is 22.1. The van der Waals surface area contributed by atoms with Crippen LogP contribution in [0.5, 0.6) is 5.75 Å². The molecule has 0 aliphatic carbocycles. The summed E-state index contributed by atoms with van der Waals surface area (Å²) in [5.41, 5.74) is 2.21. The first-order chi connectivity index (χ1) is 15.6. The van der Waals surface area contributed by atoms with E-state index in [1.165, 1.54) is 11.8 Å². The molecule has 1 atom stereocenters. The van der Waals surface area contributed by atoms with E-state index in [2.05, 4.69) is 17.2 Å². The van der Waals surface area contributed by atoms with Crippen molar-refractivity contribution in [3.05, 3.63) is 81.6 Å². The number of ether oxygens (including phenoxy) is 1. The molecule has 2 aromatic carbocycles. The van der Waals surface area contributed by atoms with Gasteiger partial charge in [-0.25, -0.2) is 0 Å². The monoisotopic (exact) mass is 449 g/mol. The molecule has 2 heterocycles. The van der Waals surface area contributed by atoms with Crippen molar-refractivity contribution in [3.8, 4) is 5.75 Å². The summed E-state index contributed by atoms with van der Waals surface area (Å²) < 4.78 is 7.81. The SMILES string of the molecule is CCCCOc1ccccc1[C@H]1CC(=O)Nc2c1c(=O)nc(SCc1ccccc1)n2C. The molecular weight excluding hydrogens is 422 g/mol. The number of aromatic nitrogens is 2. The highest BCUT2D eigenvalue weighted by Gasteiger charge is 2.33. The Kier molecular flexibility index (Phi) is 6.95. The lowest BCUT2D eigenvalue weighted by atomic mass is 9.86. The normalized spacial score (nSPS) is 15.2. The second kappa shape index (κ2) is 10.0. The van der Waals surface area contributed by atoms with Gasteiger partial charge < -0.3 is 14.6 Å². The Hall–Kier alpha value is -3.06. The molecule has 1 amide bonds. The lowest BCUT2D eigenvalue weighted by molar-refractivity contribution is -0.116. The minimum atomic E-state index is -0.393. The van der Waals surface area contributed by atoms with Crippen LogP contribution in [0.3, 0.4) is 0 Å². The highest BCUT2D eigenvalue weighted by atomic mass is 32.2. The maximum absolute atomic E-state index is 13.2. The zero-order valence-electron chi connectivity index (χ0n) is 18.3. The lowest BCUT2D eigenvalue weighted by Gasteiger charge is -2.28. The summed E-state index contributed by atoms with van der Waals surface area (Å²) in [6, 6.07) is 17.7. The van der Waals surface area contributed by atoms with Crippen molar-refractivity contribution < 1.29 is 9.53 Å². The molecule has 1 N–H and O–H groups in total. The van der Waals surface area contributed by atoms with Gasteiger partial charge in [0.25, 0.3) is 5.56 Å². The maximum Gasteiger partial charge on any atom is 0.279 e. The average Bonchev–Trinajstić information content (AvgIpc) is 2.81. The van der Waals surface area contributed by atoms with Crippen molar-refractivity contribution >= 4 is 23.5 Å². The summed E-state index contributed by atoms with van der Waals surface area (Å²) >= 11 is 1.48. The average molecular weight is 450 g/mol. The van der Waals surface area contributed by atoms with Crippen LogP contribution in [-0.2, 0) is 17.6 Å². The number of nitrogens with zero attached hydrogens (tertiary/aromatic N) is 2. The van der Waals surface area contributed by atoms with Crippen molar-refractivity contribution in [2.45, 2.75) is 43.0 Å². The van der Waals surface area contributed by atoms with Gasteiger partial charge in [0, 0.05) is 30.7 Å². The van der Waals surface area contributed by atoms with Gasteiger partial charge in [-0.2, -0.15) is 4.98 Å². The number of anilines is 1. The van der Waals surface area contributed by atoms with Gasteiger partial charge in [0.2, 0.25) is 5.91 Å². The fourth-order valence-electron chi connectivity index (χ4n) is 3.88. The van der Waals surface area contributed by atoms with Crippen LogP contribution in [-0.4, -0.2) is 22.1 Å². The highest BCUT2D eigenvalue weighted by Crippen LogP contribution is 2.39. The van der Waals surface area contributed by atoms with Crippen molar-refractivity contribution in [3.63, 3.8) is 0 Å². The highest BCUT2D eigenvalue weighted by molar-refractivity contribution is 7.98. The predicted octanol–water partition coefficient (Wildman–Crippen LogP) is 4.73. The second-order valence-electron chi connectivity index (χ2n) is 7.84. The maximum atomic E-state index is 13.2. The molecule has 0 radical (unpaired) electrons. The van der Waals surface area contributed by atoms with Gasteiger partial charge >= 0.3 is 0 Å². The zero-order chi connectivity index (χ0) is 22.5. The Balaban J connectivity index is 1.70. The van der Waals surface area contributed by atoms with Gasteiger partial charge in [-0.05, 0) is 18.1 Å². The molecule has 0 spiro atoms. The number of unbranched alkanes of at least 4 members (excludes halogenated alkanes) is 1. The molecule has 1 aliphatic rings. The smallest absolute Gasteiger partial charge is 0.279 e. The first-order valence-electron chi connectivity index (χ1n) is 10.9. The van der Waals surface area contributed by atoms with Gasteiger partial charge in [-0.15, -0.1) is 0 Å². The Morgan fingerprint density at radius 3 is 2.66 bits per heavy atom. The second-order valence-corrected chi connectivity index (χ2v) is 8.78. The number of nitrogens with one attached hydrogen (secondary N) is 1. The number of amides is 1. The van der Waals surface area contributed by atoms with Crippen molar-refractivity contribution in [2.75, 3.05) is 11.9 Å². The fourth-order valence-corrected chi connectivity index (χ4v) is 4.80. The van der Waals surface area contributed by atoms with E-state index in [0.29, 0.717) is 28.9 Å². The number of hydrogen-bond acceptors (Lipinski definition) is 5. The van der Waals surface area contributed by atoms with Gasteiger partial charge in [-0.1, -0.05) is 73.6 Å². The Labute approximate surface area is 192 Å². The molecule has 0 unspecified atom stereocenters. The van der Waals surface area contributed by atoms with Crippen LogP contribution in [0.25, 0.3) is 0 Å². The molecule has 6 nitrogen and oxygen atoms in total. The first-order valence-corrected chi connectivity index (χ1v) is 11.9. The van der Waals surface area contributed by atoms with Crippen molar-refractivity contribution in [1.82, 2.24) is 9.55 Å². The van der Waals surface area contributed by atoms with E-state index in [9.17, 15) is 9.59 Å². The Bertz CT molecular complexity index is 1160. The number of carbonyl (C=O) groups is 1. The molecule has 1 aromatic heterocycles. The minimum Gasteiger partial charge on any atom is -0.493 e. The molecule has 32 heavy (non-hydrogen) atoms. The van der Waals surface area contributed by atoms with E-state index in [1.807, 2.05) is 66.2 Å². The van der Waals surface area contributed by atoms with E-state index in [0.717, 1.165) is 29.7 Å². The van der Waals surface area contributed by atoms with Crippen LogP contribution in [0.4, 0.5) is 5.82 Å². The van der Waals surface area contributed by atoms with E-state index in [4.69, 9.17) is 4.74 Å². The van der Waals surface area contributed by atoms with Gasteiger partial charge in [0.15, 0.2) is 5.16 Å². The van der Waals surface area contributed by atoms with Gasteiger partial charge in [-0.3, -0.25) is 9.59 Å². The number of thioether (sulfide) groups is 1. The number of hydrogen-bond donors (Lipinski definition) is 1. The minimum absolute atomic E-state index is 0.119. The number of fused-ring (bicyclic) bond motifs is 1. The third kappa shape index (κ3) is 4.72. The third-order valence-corrected chi connectivity index (χ3v) is 6.66. The molecule has 0 fully saturated rings. The largest absolute Gasteiger partial charge is 0.493 e. The van der Waals surface area contributed by atoms with Crippen LogP contribution in [0.2, 0.25) is 0 Å². The van der Waals surface area contributed by atoms with E-state index in [1.54, 1.807) is 0 Å². The van der Waals surface area contributed by atoms with E-state index >= 15 is 0 Å². The fraction of sp³-hybridized carbons (Fsp3) is 0.320. The zero-order valence-corrected chi connectivity index (χ0v) is 19.2. The standard InChI is InChI=1S/C25H27N3O3S/c1-3-4-14-31-20-13-9-8-12-18(20)19-15-21(29)26-23-22(19)24(30)27-25(28(23)2)32-16-17-10-6-5-7-11-17/h5-13,19H,3-4,14-16H2,1-2H3,(H,26,29)/t19-/m1/s1. The van der Waals surface area contributed by atoms with E-state index < -0.39 is 5.92 Å². The summed E-state index contributed by atoms with van der Waals surface area (Å²) in [5, 5.41) is 3.48. The van der Waals surface area contributed by atoms with Crippen LogP contribution in [0.1, 0.15) is 48.8 Å². The molecule has 166 valence electrons. The molecule has 4 rings (SSSR count). The third-order valence-electron chi connectivity index (χ3n) is 5.56. The van der Waals surface area contributed by atoms with Crippen molar-refractivity contribution in [1.29, 1.82) is 0 Å². The summed E-state index contributed by atoms with van der Waals surface area (Å²) in [6.07, 6.45) is 2.17. The Morgan fingerprint density at radius 2 is 1.88 bits per heavy atom. The summed E-state index contributed by atoms with van der Waals surface area (Å²) in [6.45, 7) is 2.71. The van der Waals surface area contributed by atoms with Crippen LogP contribution in [0.15, 0.2) is 64.5 Å². The van der Waals surface area contributed by atoms with Crippen LogP contribution >= 0.6 is 11.8 Å². The van der Waals surface area contributed by atoms with Crippen molar-refractivity contribution in [2.24, 2.45) is 7.05 Å². The number of benzene rings is 2. The summed E-state index contributed by atoms with van der Waals surface area (Å²) in [5.74, 6) is 1.41. The number of rotatable bonds is 8. The lowest BCUT2D eigenvalue weighted by Crippen LogP contribution is -2.33. The molecular formula is C25H27N3O3S. The molecule has 7 heteroatoms. The summed E-state index contributed by atoms with van der Waals surface area (Å²) in [4.78, 5) is 30.2. The summed E-state index contributed by atoms with van der Waals surface area (Å²) in [7, 11) is 1.84. The quantitative estimate of drug-likeness (QED) is 0.306. The van der Waals surface area contributed by atoms with E-state index in [-0.39, 0.29) is 17.9 Å². The molecule has 3 aromatic rings. The van der Waals surface area contributed by atoms with Crippen LogP contribution < -0.4 is 15.6 Å². The number of para-hydroxylation sites is 1. The van der Waals surface area contributed by atoms with Gasteiger partial charge in [0.05, 0.1) is 12.2 Å². The molecule has 0 saturated heterocycles. The van der Waals surface area contributed by atoms with Crippen LogP contribution in [0, 0.1) is 0 Å². The number of carbonyl (C=O) groups excluding carboxylic acids is 1. The molecule has 0 bridgehead atoms. The predicted molar refractivity (Wildman–Crippen MR) is 127 cm³/mol. The topological polar surface area (TPSA) is 73.2 Å². The molecule has 0 saturated carbocycles. The van der Waals surface area contributed by atoms with Gasteiger partial charge in [0.1, 0.15) is 11.6 Å². The Morgan fingerprint density at radius 1 is 1.12 bits per heavy atom. The molecule has 1 aliphatic heterocycles.